The minimum atomic E-state index is -0.110. The molecule has 0 spiro atoms. The smallest absolute Gasteiger partial charge is 0.0700 e. The second kappa shape index (κ2) is 5.27. The molecule has 0 aromatic carbocycles. The van der Waals surface area contributed by atoms with Crippen molar-refractivity contribution in [2.45, 2.75) is 71.6 Å². The topological polar surface area (TPSA) is 23.5 Å². The fourth-order valence-electron chi connectivity index (χ4n) is 4.14. The number of hydrogen-bond donors (Lipinski definition) is 1. The second-order valence-corrected chi connectivity index (χ2v) is 6.71. The Morgan fingerprint density at radius 3 is 2.35 bits per heavy atom. The molecule has 6 atom stereocenters. The lowest BCUT2D eigenvalue weighted by Crippen LogP contribution is -2.57. The third kappa shape index (κ3) is 2.68. The molecule has 0 aromatic rings. The number of aliphatic hydroxyl groups is 1. The molecule has 1 aliphatic heterocycles. The predicted octanol–water partition coefficient (Wildman–Crippen LogP) is 2.90. The van der Waals surface area contributed by atoms with E-state index in [1.165, 1.54) is 25.8 Å². The Balaban J connectivity index is 2.09. The molecular weight excluding hydrogens is 210 g/mol. The van der Waals surface area contributed by atoms with Gasteiger partial charge in [0, 0.05) is 12.1 Å². The van der Waals surface area contributed by atoms with Gasteiger partial charge in [0.1, 0.15) is 0 Å². The first kappa shape index (κ1) is 13.4. The van der Waals surface area contributed by atoms with Gasteiger partial charge < -0.3 is 5.11 Å². The predicted molar refractivity (Wildman–Crippen MR) is 71.9 cm³/mol. The Labute approximate surface area is 106 Å². The maximum Gasteiger partial charge on any atom is 0.0700 e. The fraction of sp³-hybridized carbons (Fsp3) is 1.00. The van der Waals surface area contributed by atoms with Gasteiger partial charge in [-0.05, 0) is 56.9 Å². The van der Waals surface area contributed by atoms with Crippen molar-refractivity contribution in [3.63, 3.8) is 0 Å². The number of likely N-dealkylation sites (tertiary alicyclic amines) is 1. The van der Waals surface area contributed by atoms with Crippen molar-refractivity contribution < 1.29 is 5.11 Å². The summed E-state index contributed by atoms with van der Waals surface area (Å²) in [5, 5.41) is 10.4. The molecule has 2 aliphatic rings. The highest BCUT2D eigenvalue weighted by molar-refractivity contribution is 4.94. The van der Waals surface area contributed by atoms with Crippen molar-refractivity contribution in [2.75, 3.05) is 6.54 Å². The normalized spacial score (nSPS) is 49.2. The van der Waals surface area contributed by atoms with Gasteiger partial charge in [0.25, 0.3) is 0 Å². The van der Waals surface area contributed by atoms with Gasteiger partial charge in [-0.15, -0.1) is 0 Å². The van der Waals surface area contributed by atoms with Crippen LogP contribution in [0.2, 0.25) is 0 Å². The molecule has 0 radical (unpaired) electrons. The van der Waals surface area contributed by atoms with Crippen LogP contribution in [0.15, 0.2) is 0 Å². The van der Waals surface area contributed by atoms with Crippen LogP contribution in [0.4, 0.5) is 0 Å². The van der Waals surface area contributed by atoms with E-state index in [-0.39, 0.29) is 6.10 Å². The summed E-state index contributed by atoms with van der Waals surface area (Å²) in [5.74, 6) is 2.11. The summed E-state index contributed by atoms with van der Waals surface area (Å²) in [6.07, 6.45) is 4.82. The Morgan fingerprint density at radius 2 is 1.71 bits per heavy atom. The van der Waals surface area contributed by atoms with Crippen molar-refractivity contribution >= 4 is 0 Å². The lowest BCUT2D eigenvalue weighted by molar-refractivity contribution is -0.0593. The quantitative estimate of drug-likeness (QED) is 0.760. The van der Waals surface area contributed by atoms with Crippen molar-refractivity contribution in [2.24, 2.45) is 17.8 Å². The molecule has 1 saturated heterocycles. The van der Waals surface area contributed by atoms with Gasteiger partial charge in [-0.25, -0.2) is 0 Å². The van der Waals surface area contributed by atoms with Crippen LogP contribution in [0.5, 0.6) is 0 Å². The minimum absolute atomic E-state index is 0.110. The summed E-state index contributed by atoms with van der Waals surface area (Å²) < 4.78 is 0. The van der Waals surface area contributed by atoms with Gasteiger partial charge in [-0.2, -0.15) is 0 Å². The zero-order valence-corrected chi connectivity index (χ0v) is 11.9. The van der Waals surface area contributed by atoms with Crippen LogP contribution in [0, 0.1) is 17.8 Å². The summed E-state index contributed by atoms with van der Waals surface area (Å²) in [6, 6.07) is 1.04. The van der Waals surface area contributed by atoms with Crippen LogP contribution in [0.3, 0.4) is 0 Å². The second-order valence-electron chi connectivity index (χ2n) is 6.71. The largest absolute Gasteiger partial charge is 0.391 e. The van der Waals surface area contributed by atoms with Crippen LogP contribution in [-0.2, 0) is 0 Å². The van der Waals surface area contributed by atoms with Crippen LogP contribution in [0.1, 0.15) is 53.4 Å². The van der Waals surface area contributed by atoms with Gasteiger partial charge in [0.05, 0.1) is 6.10 Å². The average molecular weight is 239 g/mol. The third-order valence-electron chi connectivity index (χ3n) is 5.20. The van der Waals surface area contributed by atoms with E-state index in [0.29, 0.717) is 23.9 Å². The Kier molecular flexibility index (Phi) is 4.14. The lowest BCUT2D eigenvalue weighted by Gasteiger charge is -2.49. The van der Waals surface area contributed by atoms with Crippen molar-refractivity contribution in [3.05, 3.63) is 0 Å². The SMILES string of the molecule is CC1CC(C)C(N2CCCC(C)C2C)C(O)C1. The fourth-order valence-corrected chi connectivity index (χ4v) is 4.14. The zero-order valence-electron chi connectivity index (χ0n) is 11.9. The van der Waals surface area contributed by atoms with E-state index in [1.807, 2.05) is 0 Å². The molecule has 0 bridgehead atoms. The van der Waals surface area contributed by atoms with Gasteiger partial charge in [-0.3, -0.25) is 4.90 Å². The monoisotopic (exact) mass is 239 g/mol. The maximum absolute atomic E-state index is 10.4. The lowest BCUT2D eigenvalue weighted by atomic mass is 9.75. The van der Waals surface area contributed by atoms with E-state index in [1.54, 1.807) is 0 Å². The number of piperidine rings is 1. The van der Waals surface area contributed by atoms with Crippen LogP contribution < -0.4 is 0 Å². The molecule has 17 heavy (non-hydrogen) atoms. The molecule has 2 fully saturated rings. The molecule has 1 N–H and O–H groups in total. The van der Waals surface area contributed by atoms with Crippen molar-refractivity contribution in [1.82, 2.24) is 4.90 Å². The number of nitrogens with zero attached hydrogens (tertiary/aromatic N) is 1. The van der Waals surface area contributed by atoms with Gasteiger partial charge in [0.15, 0.2) is 0 Å². The highest BCUT2D eigenvalue weighted by Crippen LogP contribution is 2.36. The molecule has 100 valence electrons. The van der Waals surface area contributed by atoms with E-state index in [0.717, 1.165) is 12.3 Å². The minimum Gasteiger partial charge on any atom is -0.391 e. The average Bonchev–Trinajstić information content (AvgIpc) is 2.23. The van der Waals surface area contributed by atoms with Crippen LogP contribution in [-0.4, -0.2) is 34.7 Å². The van der Waals surface area contributed by atoms with E-state index in [2.05, 4.69) is 32.6 Å². The van der Waals surface area contributed by atoms with Crippen molar-refractivity contribution in [3.8, 4) is 0 Å². The van der Waals surface area contributed by atoms with Gasteiger partial charge in [-0.1, -0.05) is 20.8 Å². The molecular formula is C15H29NO. The summed E-state index contributed by atoms with van der Waals surface area (Å²) in [6.45, 7) is 10.5. The van der Waals surface area contributed by atoms with E-state index in [9.17, 15) is 5.11 Å². The third-order valence-corrected chi connectivity index (χ3v) is 5.20. The van der Waals surface area contributed by atoms with Crippen LogP contribution >= 0.6 is 0 Å². The summed E-state index contributed by atoms with van der Waals surface area (Å²) >= 11 is 0. The van der Waals surface area contributed by atoms with E-state index < -0.39 is 0 Å². The van der Waals surface area contributed by atoms with Crippen molar-refractivity contribution in [1.29, 1.82) is 0 Å². The number of rotatable bonds is 1. The standard InChI is InChI=1S/C15H29NO/c1-10-8-12(3)15(14(17)9-10)16-7-5-6-11(2)13(16)4/h10-15,17H,5-9H2,1-4H3. The summed E-state index contributed by atoms with van der Waals surface area (Å²) in [4.78, 5) is 2.61. The Morgan fingerprint density at radius 1 is 1.00 bits per heavy atom. The Bertz CT molecular complexity index is 243. The van der Waals surface area contributed by atoms with E-state index >= 15 is 0 Å². The molecule has 0 amide bonds. The van der Waals surface area contributed by atoms with Crippen LogP contribution in [0.25, 0.3) is 0 Å². The molecule has 1 saturated carbocycles. The van der Waals surface area contributed by atoms with Gasteiger partial charge >= 0.3 is 0 Å². The maximum atomic E-state index is 10.4. The molecule has 2 nitrogen and oxygen atoms in total. The summed E-state index contributed by atoms with van der Waals surface area (Å²) in [7, 11) is 0. The first-order valence-electron chi connectivity index (χ1n) is 7.44. The zero-order chi connectivity index (χ0) is 12.6. The molecule has 6 unspecified atom stereocenters. The van der Waals surface area contributed by atoms with E-state index in [4.69, 9.17) is 0 Å². The van der Waals surface area contributed by atoms with Gasteiger partial charge in [0.2, 0.25) is 0 Å². The molecule has 1 heterocycles. The molecule has 2 rings (SSSR count). The number of hydrogen-bond acceptors (Lipinski definition) is 2. The Hall–Kier alpha value is -0.0800. The molecule has 2 heteroatoms. The number of aliphatic hydroxyl groups excluding tert-OH is 1. The highest BCUT2D eigenvalue weighted by atomic mass is 16.3. The summed E-state index contributed by atoms with van der Waals surface area (Å²) in [5.41, 5.74) is 0. The first-order chi connectivity index (χ1) is 8.00. The molecule has 1 aliphatic carbocycles. The molecule has 0 aromatic heterocycles. The highest BCUT2D eigenvalue weighted by Gasteiger charge is 2.40. The first-order valence-corrected chi connectivity index (χ1v) is 7.44.